The van der Waals surface area contributed by atoms with E-state index >= 15 is 0 Å². The number of nitrogens with zero attached hydrogens (tertiary/aromatic N) is 1. The molecule has 0 unspecified atom stereocenters. The fourth-order valence-corrected chi connectivity index (χ4v) is 1.98. The highest BCUT2D eigenvalue weighted by Gasteiger charge is 2.33. The molecule has 1 amide bonds. The van der Waals surface area contributed by atoms with Gasteiger partial charge in [-0.25, -0.2) is 0 Å². The van der Waals surface area contributed by atoms with Gasteiger partial charge in [-0.15, -0.1) is 0 Å². The molecule has 0 bridgehead atoms. The van der Waals surface area contributed by atoms with Crippen LogP contribution in [0, 0.1) is 0 Å². The minimum absolute atomic E-state index is 0.00745. The zero-order valence-electron chi connectivity index (χ0n) is 11.1. The van der Waals surface area contributed by atoms with Gasteiger partial charge in [0.2, 0.25) is 5.91 Å². The van der Waals surface area contributed by atoms with Crippen molar-refractivity contribution in [2.24, 2.45) is 0 Å². The minimum Gasteiger partial charge on any atom is -0.469 e. The van der Waals surface area contributed by atoms with Crippen molar-refractivity contribution in [3.63, 3.8) is 0 Å². The number of hydrogen-bond donors (Lipinski definition) is 0. The van der Waals surface area contributed by atoms with Crippen molar-refractivity contribution in [2.45, 2.75) is 38.6 Å². The second-order valence-corrected chi connectivity index (χ2v) is 4.64. The van der Waals surface area contributed by atoms with Crippen LogP contribution in [0.4, 0.5) is 0 Å². The molecule has 0 aromatic carbocycles. The van der Waals surface area contributed by atoms with Gasteiger partial charge in [-0.1, -0.05) is 0 Å². The highest BCUT2D eigenvalue weighted by atomic mass is 16.5. The summed E-state index contributed by atoms with van der Waals surface area (Å²) in [7, 11) is 0. The number of carbonyl (C=O) groups excluding carboxylic acids is 2. The van der Waals surface area contributed by atoms with Gasteiger partial charge in [-0.2, -0.15) is 0 Å². The number of amides is 1. The topological polar surface area (TPSA) is 59.8 Å². The smallest absolute Gasteiger partial charge is 0.325 e. The van der Waals surface area contributed by atoms with Gasteiger partial charge >= 0.3 is 5.97 Å². The second kappa shape index (κ2) is 6.41. The predicted octanol–water partition coefficient (Wildman–Crippen LogP) is 1.77. The SMILES string of the molecule is CCOC(=O)CN(C(=O)CCc1ccco1)C1CC1. The first-order chi connectivity index (χ1) is 9.20. The number of carbonyl (C=O) groups is 2. The maximum atomic E-state index is 12.1. The Hall–Kier alpha value is -1.78. The predicted molar refractivity (Wildman–Crippen MR) is 68.4 cm³/mol. The average molecular weight is 265 g/mol. The molecule has 0 N–H and O–H groups in total. The summed E-state index contributed by atoms with van der Waals surface area (Å²) in [6.45, 7) is 2.17. The maximum Gasteiger partial charge on any atom is 0.325 e. The molecule has 0 atom stereocenters. The summed E-state index contributed by atoms with van der Waals surface area (Å²) in [5.74, 6) is 0.452. The van der Waals surface area contributed by atoms with Gasteiger partial charge in [0, 0.05) is 18.9 Å². The molecule has 1 aliphatic carbocycles. The van der Waals surface area contributed by atoms with E-state index in [0.717, 1.165) is 18.6 Å². The Morgan fingerprint density at radius 1 is 1.47 bits per heavy atom. The monoisotopic (exact) mass is 265 g/mol. The van der Waals surface area contributed by atoms with E-state index in [4.69, 9.17) is 9.15 Å². The van der Waals surface area contributed by atoms with Crippen LogP contribution in [0.3, 0.4) is 0 Å². The molecule has 1 fully saturated rings. The molecule has 1 aromatic heterocycles. The van der Waals surface area contributed by atoms with Crippen LogP contribution >= 0.6 is 0 Å². The lowest BCUT2D eigenvalue weighted by molar-refractivity contribution is -0.149. The summed E-state index contributed by atoms with van der Waals surface area (Å²) >= 11 is 0. The lowest BCUT2D eigenvalue weighted by Crippen LogP contribution is -2.38. The minimum atomic E-state index is -0.333. The number of furan rings is 1. The van der Waals surface area contributed by atoms with Crippen molar-refractivity contribution in [1.82, 2.24) is 4.90 Å². The van der Waals surface area contributed by atoms with Crippen LogP contribution in [0.1, 0.15) is 31.9 Å². The van der Waals surface area contributed by atoms with Crippen molar-refractivity contribution in [2.75, 3.05) is 13.2 Å². The van der Waals surface area contributed by atoms with Crippen LogP contribution in [0.25, 0.3) is 0 Å². The van der Waals surface area contributed by atoms with E-state index in [9.17, 15) is 9.59 Å². The Morgan fingerprint density at radius 2 is 2.26 bits per heavy atom. The molecule has 0 radical (unpaired) electrons. The Bertz CT molecular complexity index is 423. The molecule has 5 nitrogen and oxygen atoms in total. The van der Waals surface area contributed by atoms with Crippen molar-refractivity contribution in [1.29, 1.82) is 0 Å². The summed E-state index contributed by atoms with van der Waals surface area (Å²) in [4.78, 5) is 25.3. The standard InChI is InChI=1S/C14H19NO4/c1-2-18-14(17)10-15(11-5-6-11)13(16)8-7-12-4-3-9-19-12/h3-4,9,11H,2,5-8,10H2,1H3. The van der Waals surface area contributed by atoms with Crippen LogP contribution in [-0.4, -0.2) is 36.0 Å². The fraction of sp³-hybridized carbons (Fsp3) is 0.571. The highest BCUT2D eigenvalue weighted by molar-refractivity contribution is 5.82. The number of esters is 1. The van der Waals surface area contributed by atoms with E-state index in [0.29, 0.717) is 19.4 Å². The normalized spacial score (nSPS) is 14.2. The molecular formula is C14H19NO4. The van der Waals surface area contributed by atoms with E-state index in [-0.39, 0.29) is 24.5 Å². The van der Waals surface area contributed by atoms with Gasteiger partial charge in [-0.3, -0.25) is 9.59 Å². The van der Waals surface area contributed by atoms with Crippen molar-refractivity contribution < 1.29 is 18.7 Å². The number of hydrogen-bond acceptors (Lipinski definition) is 4. The molecule has 1 heterocycles. The van der Waals surface area contributed by atoms with Crippen molar-refractivity contribution in [3.8, 4) is 0 Å². The molecular weight excluding hydrogens is 246 g/mol. The Morgan fingerprint density at radius 3 is 2.84 bits per heavy atom. The molecule has 0 saturated heterocycles. The first kappa shape index (κ1) is 13.6. The molecule has 5 heteroatoms. The fourth-order valence-electron chi connectivity index (χ4n) is 1.98. The summed E-state index contributed by atoms with van der Waals surface area (Å²) < 4.78 is 10.1. The van der Waals surface area contributed by atoms with Gasteiger partial charge in [0.05, 0.1) is 12.9 Å². The first-order valence-corrected chi connectivity index (χ1v) is 6.68. The van der Waals surface area contributed by atoms with E-state index in [2.05, 4.69) is 0 Å². The van der Waals surface area contributed by atoms with E-state index in [1.165, 1.54) is 0 Å². The van der Waals surface area contributed by atoms with Gasteiger partial charge in [0.25, 0.3) is 0 Å². The van der Waals surface area contributed by atoms with Crippen LogP contribution in [0.5, 0.6) is 0 Å². The van der Waals surface area contributed by atoms with Crippen molar-refractivity contribution in [3.05, 3.63) is 24.2 Å². The molecule has 0 spiro atoms. The lowest BCUT2D eigenvalue weighted by atomic mass is 10.2. The Labute approximate surface area is 112 Å². The molecule has 104 valence electrons. The first-order valence-electron chi connectivity index (χ1n) is 6.68. The lowest BCUT2D eigenvalue weighted by Gasteiger charge is -2.21. The Kier molecular flexibility index (Phi) is 4.60. The second-order valence-electron chi connectivity index (χ2n) is 4.64. The Balaban J connectivity index is 1.84. The van der Waals surface area contributed by atoms with Crippen LogP contribution in [-0.2, 0) is 20.7 Å². The largest absolute Gasteiger partial charge is 0.469 e. The van der Waals surface area contributed by atoms with Gasteiger partial charge in [-0.05, 0) is 31.9 Å². The number of rotatable bonds is 7. The number of aryl methyl sites for hydroxylation is 1. The maximum absolute atomic E-state index is 12.1. The molecule has 1 aromatic rings. The summed E-state index contributed by atoms with van der Waals surface area (Å²) in [6.07, 6.45) is 4.48. The van der Waals surface area contributed by atoms with Crippen LogP contribution in [0.2, 0.25) is 0 Å². The zero-order valence-corrected chi connectivity index (χ0v) is 11.1. The highest BCUT2D eigenvalue weighted by Crippen LogP contribution is 2.27. The number of ether oxygens (including phenoxy) is 1. The van der Waals surface area contributed by atoms with Crippen LogP contribution in [0.15, 0.2) is 22.8 Å². The van der Waals surface area contributed by atoms with Crippen LogP contribution < -0.4 is 0 Å². The molecule has 19 heavy (non-hydrogen) atoms. The molecule has 2 rings (SSSR count). The quantitative estimate of drug-likeness (QED) is 0.705. The summed E-state index contributed by atoms with van der Waals surface area (Å²) in [6, 6.07) is 3.87. The van der Waals surface area contributed by atoms with Gasteiger partial charge < -0.3 is 14.1 Å². The molecule has 0 aliphatic heterocycles. The third kappa shape index (κ3) is 4.12. The van der Waals surface area contributed by atoms with E-state index in [1.54, 1.807) is 24.2 Å². The van der Waals surface area contributed by atoms with E-state index < -0.39 is 0 Å². The third-order valence-corrected chi connectivity index (χ3v) is 3.08. The van der Waals surface area contributed by atoms with Gasteiger partial charge in [0.1, 0.15) is 12.3 Å². The third-order valence-electron chi connectivity index (χ3n) is 3.08. The van der Waals surface area contributed by atoms with E-state index in [1.807, 2.05) is 6.07 Å². The molecule has 1 aliphatic rings. The average Bonchev–Trinajstić information content (AvgIpc) is 3.09. The summed E-state index contributed by atoms with van der Waals surface area (Å²) in [5.41, 5.74) is 0. The molecule has 1 saturated carbocycles. The summed E-state index contributed by atoms with van der Waals surface area (Å²) in [5, 5.41) is 0. The van der Waals surface area contributed by atoms with Gasteiger partial charge in [0.15, 0.2) is 0 Å². The zero-order chi connectivity index (χ0) is 13.7. The van der Waals surface area contributed by atoms with Crippen molar-refractivity contribution >= 4 is 11.9 Å².